The number of benzene rings is 2. The van der Waals surface area contributed by atoms with Gasteiger partial charge in [-0.3, -0.25) is 4.90 Å². The molecule has 32 heavy (non-hydrogen) atoms. The average Bonchev–Trinajstić information content (AvgIpc) is 3.29. The third-order valence-corrected chi connectivity index (χ3v) is 7.86. The predicted molar refractivity (Wildman–Crippen MR) is 122 cm³/mol. The van der Waals surface area contributed by atoms with E-state index >= 15 is 0 Å². The number of ether oxygens (including phenoxy) is 2. The van der Waals surface area contributed by atoms with Crippen molar-refractivity contribution in [1.82, 2.24) is 15.1 Å². The monoisotopic (exact) mass is 433 g/mol. The van der Waals surface area contributed by atoms with Crippen LogP contribution < -0.4 is 14.8 Å². The quantitative estimate of drug-likeness (QED) is 0.769. The van der Waals surface area contributed by atoms with E-state index in [1.807, 2.05) is 18.2 Å². The lowest BCUT2D eigenvalue weighted by Crippen LogP contribution is -2.59. The molecule has 6 rings (SSSR count). The van der Waals surface area contributed by atoms with Gasteiger partial charge in [0.15, 0.2) is 11.5 Å². The number of likely N-dealkylation sites (tertiary alicyclic amines) is 1. The largest absolute Gasteiger partial charge is 0.454 e. The molecule has 2 fully saturated rings. The smallest absolute Gasteiger partial charge is 0.318 e. The number of amides is 2. The first-order valence-corrected chi connectivity index (χ1v) is 12.0. The Bertz CT molecular complexity index is 1010. The number of carbonyl (C=O) groups excluding carboxylic acids is 1. The zero-order chi connectivity index (χ0) is 21.7. The minimum Gasteiger partial charge on any atom is -0.454 e. The molecule has 2 aromatic rings. The van der Waals surface area contributed by atoms with Crippen molar-refractivity contribution in [3.63, 3.8) is 0 Å². The summed E-state index contributed by atoms with van der Waals surface area (Å²) in [5.41, 5.74) is 3.88. The molecular weight excluding hydrogens is 402 g/mol. The lowest BCUT2D eigenvalue weighted by molar-refractivity contribution is 0.00527. The maximum atomic E-state index is 13.4. The Hall–Kier alpha value is -2.73. The standard InChI is InChI=1S/C26H31N3O3/c1-17(18-6-3-2-4-7-18)27-26(30)29-10-5-8-20-15-28-11-9-19-12-24-25(32-16-31-24)13-21(19)23(28)14-22(20)29/h2-4,6-7,12-13,17,20,22-23H,5,8-11,14-16H2,1H3,(H,27,30)/t17-,20-,22-,23+/m1/s1. The maximum absolute atomic E-state index is 13.4. The van der Waals surface area contributed by atoms with Crippen LogP contribution in [0.5, 0.6) is 11.5 Å². The van der Waals surface area contributed by atoms with Crippen LogP contribution in [0.2, 0.25) is 0 Å². The highest BCUT2D eigenvalue weighted by Gasteiger charge is 2.44. The molecule has 0 unspecified atom stereocenters. The molecule has 6 heteroatoms. The summed E-state index contributed by atoms with van der Waals surface area (Å²) in [7, 11) is 0. The second-order valence-electron chi connectivity index (χ2n) is 9.65. The van der Waals surface area contributed by atoms with Crippen LogP contribution in [0.4, 0.5) is 4.79 Å². The molecule has 4 atom stereocenters. The second-order valence-corrected chi connectivity index (χ2v) is 9.65. The molecule has 0 aromatic heterocycles. The molecule has 0 aliphatic carbocycles. The molecule has 2 saturated heterocycles. The Morgan fingerprint density at radius 2 is 1.94 bits per heavy atom. The highest BCUT2D eigenvalue weighted by atomic mass is 16.7. The van der Waals surface area contributed by atoms with Crippen LogP contribution >= 0.6 is 0 Å². The van der Waals surface area contributed by atoms with E-state index in [9.17, 15) is 4.79 Å². The molecule has 0 spiro atoms. The molecule has 0 saturated carbocycles. The van der Waals surface area contributed by atoms with Crippen LogP contribution in [0, 0.1) is 5.92 Å². The fourth-order valence-corrected chi connectivity index (χ4v) is 6.18. The van der Waals surface area contributed by atoms with Gasteiger partial charge in [-0.05, 0) is 67.3 Å². The second kappa shape index (κ2) is 8.00. The molecule has 2 amide bonds. The zero-order valence-electron chi connectivity index (χ0n) is 18.6. The van der Waals surface area contributed by atoms with Crippen molar-refractivity contribution in [3.05, 3.63) is 59.2 Å². The fraction of sp³-hybridized carbons (Fsp3) is 0.500. The van der Waals surface area contributed by atoms with Gasteiger partial charge in [-0.1, -0.05) is 30.3 Å². The SMILES string of the molecule is C[C@@H](NC(=O)N1CCC[C@@H]2CN3CCc4cc5c(cc4[C@@H]3C[C@H]21)OCO5)c1ccccc1. The summed E-state index contributed by atoms with van der Waals surface area (Å²) >= 11 is 0. The van der Waals surface area contributed by atoms with Gasteiger partial charge in [0, 0.05) is 31.7 Å². The molecule has 168 valence electrons. The van der Waals surface area contributed by atoms with Gasteiger partial charge in [-0.25, -0.2) is 4.79 Å². The van der Waals surface area contributed by atoms with Gasteiger partial charge in [0.1, 0.15) is 0 Å². The van der Waals surface area contributed by atoms with Gasteiger partial charge in [0.05, 0.1) is 6.04 Å². The van der Waals surface area contributed by atoms with Crippen molar-refractivity contribution in [1.29, 1.82) is 0 Å². The number of hydrogen-bond acceptors (Lipinski definition) is 4. The predicted octanol–water partition coefficient (Wildman–Crippen LogP) is 4.27. The van der Waals surface area contributed by atoms with E-state index in [1.165, 1.54) is 17.5 Å². The maximum Gasteiger partial charge on any atom is 0.318 e. The number of urea groups is 1. The first-order chi connectivity index (χ1) is 15.7. The average molecular weight is 434 g/mol. The molecular formula is C26H31N3O3. The Kier molecular flexibility index (Phi) is 4.98. The van der Waals surface area contributed by atoms with Crippen molar-refractivity contribution in [2.24, 2.45) is 5.92 Å². The molecule has 1 N–H and O–H groups in total. The van der Waals surface area contributed by atoms with Crippen LogP contribution in [-0.2, 0) is 6.42 Å². The molecule has 0 radical (unpaired) electrons. The fourth-order valence-electron chi connectivity index (χ4n) is 6.18. The zero-order valence-corrected chi connectivity index (χ0v) is 18.6. The van der Waals surface area contributed by atoms with Gasteiger partial charge >= 0.3 is 6.03 Å². The van der Waals surface area contributed by atoms with E-state index in [0.29, 0.717) is 18.8 Å². The first-order valence-electron chi connectivity index (χ1n) is 12.0. The highest BCUT2D eigenvalue weighted by Crippen LogP contribution is 2.46. The van der Waals surface area contributed by atoms with Crippen LogP contribution in [-0.4, -0.2) is 48.3 Å². The van der Waals surface area contributed by atoms with Crippen LogP contribution in [0.1, 0.15) is 55.0 Å². The van der Waals surface area contributed by atoms with E-state index in [1.54, 1.807) is 0 Å². The third-order valence-electron chi connectivity index (χ3n) is 7.86. The number of piperidine rings is 2. The lowest BCUT2D eigenvalue weighted by atomic mass is 9.76. The summed E-state index contributed by atoms with van der Waals surface area (Å²) in [5, 5.41) is 3.26. The molecule has 6 nitrogen and oxygen atoms in total. The minimum atomic E-state index is -0.000640. The summed E-state index contributed by atoms with van der Waals surface area (Å²) in [4.78, 5) is 18.1. The van der Waals surface area contributed by atoms with E-state index in [2.05, 4.69) is 46.3 Å². The molecule has 0 bridgehead atoms. The Labute approximate surface area is 189 Å². The van der Waals surface area contributed by atoms with Gasteiger partial charge in [0.25, 0.3) is 0 Å². The number of hydrogen-bond donors (Lipinski definition) is 1. The summed E-state index contributed by atoms with van der Waals surface area (Å²) in [6.07, 6.45) is 4.34. The van der Waals surface area contributed by atoms with Gasteiger partial charge in [0.2, 0.25) is 6.79 Å². The van der Waals surface area contributed by atoms with E-state index < -0.39 is 0 Å². The van der Waals surface area contributed by atoms with Crippen molar-refractivity contribution < 1.29 is 14.3 Å². The van der Waals surface area contributed by atoms with Crippen molar-refractivity contribution in [2.75, 3.05) is 26.4 Å². The first kappa shape index (κ1) is 19.9. The van der Waals surface area contributed by atoms with Crippen molar-refractivity contribution in [2.45, 2.75) is 50.7 Å². The van der Waals surface area contributed by atoms with Crippen LogP contribution in [0.25, 0.3) is 0 Å². The molecule has 2 aromatic carbocycles. The number of carbonyl (C=O) groups is 1. The number of nitrogens with zero attached hydrogens (tertiary/aromatic N) is 2. The van der Waals surface area contributed by atoms with E-state index in [-0.39, 0.29) is 18.1 Å². The topological polar surface area (TPSA) is 54.0 Å². The molecule has 4 aliphatic rings. The van der Waals surface area contributed by atoms with E-state index in [0.717, 1.165) is 56.0 Å². The highest BCUT2D eigenvalue weighted by molar-refractivity contribution is 5.75. The van der Waals surface area contributed by atoms with Crippen LogP contribution in [0.3, 0.4) is 0 Å². The van der Waals surface area contributed by atoms with Crippen LogP contribution in [0.15, 0.2) is 42.5 Å². The summed E-state index contributed by atoms with van der Waals surface area (Å²) < 4.78 is 11.3. The summed E-state index contributed by atoms with van der Waals surface area (Å²) in [5.74, 6) is 2.29. The summed E-state index contributed by atoms with van der Waals surface area (Å²) in [6.45, 7) is 5.37. The summed E-state index contributed by atoms with van der Waals surface area (Å²) in [6, 6.07) is 15.3. The number of fused-ring (bicyclic) bond motifs is 5. The van der Waals surface area contributed by atoms with Gasteiger partial charge in [-0.15, -0.1) is 0 Å². The Morgan fingerprint density at radius 3 is 2.78 bits per heavy atom. The molecule has 4 aliphatic heterocycles. The number of rotatable bonds is 2. The Morgan fingerprint density at radius 1 is 1.12 bits per heavy atom. The number of nitrogens with one attached hydrogen (secondary N) is 1. The van der Waals surface area contributed by atoms with Crippen molar-refractivity contribution >= 4 is 6.03 Å². The van der Waals surface area contributed by atoms with Crippen molar-refractivity contribution in [3.8, 4) is 11.5 Å². The van der Waals surface area contributed by atoms with Gasteiger partial charge < -0.3 is 19.7 Å². The normalized spacial score (nSPS) is 27.2. The third kappa shape index (κ3) is 3.41. The minimum absolute atomic E-state index is 0.000640. The van der Waals surface area contributed by atoms with E-state index in [4.69, 9.17) is 9.47 Å². The van der Waals surface area contributed by atoms with Gasteiger partial charge in [-0.2, -0.15) is 0 Å². The molecule has 4 heterocycles. The lowest BCUT2D eigenvalue weighted by Gasteiger charge is -2.52. The Balaban J connectivity index is 1.23.